The number of hydrogen-bond donors (Lipinski definition) is 1. The van der Waals surface area contributed by atoms with Gasteiger partial charge in [0.25, 0.3) is 0 Å². The van der Waals surface area contributed by atoms with Crippen LogP contribution < -0.4 is 5.32 Å². The maximum atomic E-state index is 11.8. The van der Waals surface area contributed by atoms with E-state index in [0.717, 1.165) is 21.2 Å². The Balaban J connectivity index is 1.68. The Labute approximate surface area is 134 Å². The molecule has 0 spiro atoms. The maximum Gasteiger partial charge on any atom is 0.224 e. The molecule has 0 aliphatic carbocycles. The molecule has 0 unspecified atom stereocenters. The minimum Gasteiger partial charge on any atom is -0.355 e. The van der Waals surface area contributed by atoms with E-state index in [9.17, 15) is 4.79 Å². The summed E-state index contributed by atoms with van der Waals surface area (Å²) in [6, 6.07) is 15.8. The molecule has 0 heterocycles. The number of hydrogen-bond acceptors (Lipinski definition) is 2. The van der Waals surface area contributed by atoms with Crippen LogP contribution in [0.4, 0.5) is 0 Å². The lowest BCUT2D eigenvalue weighted by Crippen LogP contribution is -2.27. The highest BCUT2D eigenvalue weighted by atomic mass is 35.5. The summed E-state index contributed by atoms with van der Waals surface area (Å²) in [6.07, 6.45) is 0.438. The number of thioether (sulfide) groups is 1. The van der Waals surface area contributed by atoms with Crippen molar-refractivity contribution in [2.24, 2.45) is 0 Å². The van der Waals surface area contributed by atoms with Crippen LogP contribution in [0, 0.1) is 6.92 Å². The fourth-order valence-corrected chi connectivity index (χ4v) is 2.85. The van der Waals surface area contributed by atoms with Gasteiger partial charge in [0.15, 0.2) is 0 Å². The van der Waals surface area contributed by atoms with Crippen molar-refractivity contribution in [2.75, 3.05) is 12.3 Å². The summed E-state index contributed by atoms with van der Waals surface area (Å²) in [5.74, 6) is 0.915. The van der Waals surface area contributed by atoms with Crippen molar-refractivity contribution >= 4 is 29.3 Å². The van der Waals surface area contributed by atoms with Crippen LogP contribution in [0.5, 0.6) is 0 Å². The molecule has 2 rings (SSSR count). The summed E-state index contributed by atoms with van der Waals surface area (Å²) in [5.41, 5.74) is 2.23. The molecule has 0 saturated heterocycles. The predicted molar refractivity (Wildman–Crippen MR) is 90.1 cm³/mol. The lowest BCUT2D eigenvalue weighted by molar-refractivity contribution is -0.120. The quantitative estimate of drug-likeness (QED) is 0.641. The first kappa shape index (κ1) is 15.9. The summed E-state index contributed by atoms with van der Waals surface area (Å²) in [4.78, 5) is 13.0. The molecule has 1 amide bonds. The molecule has 4 heteroatoms. The zero-order chi connectivity index (χ0) is 15.1. The molecule has 110 valence electrons. The second-order valence-electron chi connectivity index (χ2n) is 4.82. The number of rotatable bonds is 6. The van der Waals surface area contributed by atoms with Crippen molar-refractivity contribution < 1.29 is 4.79 Å². The Hall–Kier alpha value is -1.45. The highest BCUT2D eigenvalue weighted by Crippen LogP contribution is 2.19. The zero-order valence-electron chi connectivity index (χ0n) is 11.9. The van der Waals surface area contributed by atoms with Crippen molar-refractivity contribution in [3.63, 3.8) is 0 Å². The Bertz CT molecular complexity index is 598. The average Bonchev–Trinajstić information content (AvgIpc) is 2.45. The highest BCUT2D eigenvalue weighted by Gasteiger charge is 2.03. The predicted octanol–water partition coefficient (Wildman–Crippen LogP) is 4.10. The van der Waals surface area contributed by atoms with Gasteiger partial charge in [0.2, 0.25) is 5.91 Å². The largest absolute Gasteiger partial charge is 0.355 e. The normalized spacial score (nSPS) is 10.4. The van der Waals surface area contributed by atoms with Crippen LogP contribution in [0.2, 0.25) is 5.02 Å². The summed E-state index contributed by atoms with van der Waals surface area (Å²) in [7, 11) is 0. The van der Waals surface area contributed by atoms with Gasteiger partial charge < -0.3 is 5.32 Å². The van der Waals surface area contributed by atoms with E-state index >= 15 is 0 Å². The molecule has 0 bridgehead atoms. The molecular formula is C17H18ClNOS. The van der Waals surface area contributed by atoms with Gasteiger partial charge in [-0.15, -0.1) is 11.8 Å². The molecule has 0 aliphatic rings. The lowest BCUT2D eigenvalue weighted by Gasteiger charge is -2.06. The Morgan fingerprint density at radius 1 is 1.19 bits per heavy atom. The summed E-state index contributed by atoms with van der Waals surface area (Å²) >= 11 is 7.54. The average molecular weight is 320 g/mol. The van der Waals surface area contributed by atoms with E-state index in [1.165, 1.54) is 5.56 Å². The smallest absolute Gasteiger partial charge is 0.224 e. The van der Waals surface area contributed by atoms with Gasteiger partial charge in [0.05, 0.1) is 6.42 Å². The molecule has 2 aromatic carbocycles. The summed E-state index contributed by atoms with van der Waals surface area (Å²) in [6.45, 7) is 2.70. The van der Waals surface area contributed by atoms with Gasteiger partial charge in [0, 0.05) is 22.2 Å². The number of carbonyl (C=O) groups is 1. The highest BCUT2D eigenvalue weighted by molar-refractivity contribution is 7.99. The summed E-state index contributed by atoms with van der Waals surface area (Å²) in [5, 5.41) is 3.69. The van der Waals surface area contributed by atoms with Gasteiger partial charge in [-0.3, -0.25) is 4.79 Å². The van der Waals surface area contributed by atoms with E-state index in [2.05, 4.69) is 5.32 Å². The first-order valence-electron chi connectivity index (χ1n) is 6.84. The van der Waals surface area contributed by atoms with Gasteiger partial charge in [0.1, 0.15) is 0 Å². The fraction of sp³-hybridized carbons (Fsp3) is 0.235. The van der Waals surface area contributed by atoms with Crippen LogP contribution in [0.25, 0.3) is 0 Å². The van der Waals surface area contributed by atoms with Gasteiger partial charge in [-0.1, -0.05) is 41.4 Å². The number of carbonyl (C=O) groups excluding carboxylic acids is 1. The van der Waals surface area contributed by atoms with Crippen molar-refractivity contribution in [1.29, 1.82) is 0 Å². The van der Waals surface area contributed by atoms with E-state index in [0.29, 0.717) is 13.0 Å². The number of nitrogens with one attached hydrogen (secondary N) is 1. The van der Waals surface area contributed by atoms with E-state index in [1.807, 2.05) is 55.5 Å². The molecule has 2 aromatic rings. The molecule has 0 atom stereocenters. The molecule has 1 N–H and O–H groups in total. The first-order chi connectivity index (χ1) is 10.1. The third-order valence-corrected chi connectivity index (χ3v) is 4.22. The summed E-state index contributed by atoms with van der Waals surface area (Å²) < 4.78 is 0. The number of aryl methyl sites for hydroxylation is 1. The molecule has 21 heavy (non-hydrogen) atoms. The lowest BCUT2D eigenvalue weighted by atomic mass is 10.1. The van der Waals surface area contributed by atoms with Gasteiger partial charge in [-0.05, 0) is 36.8 Å². The third kappa shape index (κ3) is 5.82. The van der Waals surface area contributed by atoms with Crippen LogP contribution in [0.1, 0.15) is 11.1 Å². The Kier molecular flexibility index (Phi) is 6.15. The Morgan fingerprint density at radius 3 is 2.67 bits per heavy atom. The Morgan fingerprint density at radius 2 is 1.95 bits per heavy atom. The van der Waals surface area contributed by atoms with E-state index in [4.69, 9.17) is 11.6 Å². The van der Waals surface area contributed by atoms with Crippen molar-refractivity contribution in [2.45, 2.75) is 18.2 Å². The maximum absolute atomic E-state index is 11.8. The second-order valence-corrected chi connectivity index (χ2v) is 6.42. The van der Waals surface area contributed by atoms with Crippen LogP contribution in [-0.4, -0.2) is 18.2 Å². The topological polar surface area (TPSA) is 29.1 Å². The van der Waals surface area contributed by atoms with E-state index in [1.54, 1.807) is 11.8 Å². The number of benzene rings is 2. The van der Waals surface area contributed by atoms with Crippen LogP contribution >= 0.6 is 23.4 Å². The minimum atomic E-state index is 0.0670. The molecule has 0 saturated carbocycles. The number of halogens is 1. The monoisotopic (exact) mass is 319 g/mol. The first-order valence-corrected chi connectivity index (χ1v) is 8.20. The fourth-order valence-electron chi connectivity index (χ4n) is 1.96. The number of amides is 1. The van der Waals surface area contributed by atoms with E-state index in [-0.39, 0.29) is 5.91 Å². The van der Waals surface area contributed by atoms with Crippen LogP contribution in [0.15, 0.2) is 53.4 Å². The van der Waals surface area contributed by atoms with Crippen LogP contribution in [-0.2, 0) is 11.2 Å². The van der Waals surface area contributed by atoms with Gasteiger partial charge >= 0.3 is 0 Å². The molecular weight excluding hydrogens is 302 g/mol. The molecule has 0 aliphatic heterocycles. The molecule has 2 nitrogen and oxygen atoms in total. The van der Waals surface area contributed by atoms with Crippen molar-refractivity contribution in [3.05, 3.63) is 64.7 Å². The van der Waals surface area contributed by atoms with Crippen LogP contribution in [0.3, 0.4) is 0 Å². The SMILES string of the molecule is Cc1cccc(CC(=O)NCCSc2ccc(Cl)cc2)c1. The third-order valence-electron chi connectivity index (χ3n) is 2.95. The van der Waals surface area contributed by atoms with Crippen molar-refractivity contribution in [3.8, 4) is 0 Å². The molecule has 0 aromatic heterocycles. The minimum absolute atomic E-state index is 0.0670. The second kappa shape index (κ2) is 8.11. The van der Waals surface area contributed by atoms with E-state index < -0.39 is 0 Å². The van der Waals surface area contributed by atoms with Gasteiger partial charge in [-0.25, -0.2) is 0 Å². The standard InChI is InChI=1S/C17H18ClNOS/c1-13-3-2-4-14(11-13)12-17(20)19-9-10-21-16-7-5-15(18)6-8-16/h2-8,11H,9-10,12H2,1H3,(H,19,20). The molecule has 0 fully saturated rings. The van der Waals surface area contributed by atoms with Gasteiger partial charge in [-0.2, -0.15) is 0 Å². The zero-order valence-corrected chi connectivity index (χ0v) is 13.5. The molecule has 0 radical (unpaired) electrons. The van der Waals surface area contributed by atoms with Crippen molar-refractivity contribution in [1.82, 2.24) is 5.32 Å².